The van der Waals surface area contributed by atoms with Crippen molar-refractivity contribution in [3.63, 3.8) is 0 Å². The number of benzene rings is 3. The lowest BCUT2D eigenvalue weighted by Crippen LogP contribution is -2.37. The Morgan fingerprint density at radius 1 is 1.03 bits per heavy atom. The number of rotatable bonds is 6. The van der Waals surface area contributed by atoms with Crippen LogP contribution in [0.2, 0.25) is 0 Å². The van der Waals surface area contributed by atoms with Gasteiger partial charge in [0.25, 0.3) is 11.5 Å². The maximum Gasteiger partial charge on any atom is 0.266 e. The number of amides is 1. The molecular weight excluding hydrogens is 525 g/mol. The van der Waals surface area contributed by atoms with Crippen LogP contribution in [0.4, 0.5) is 4.39 Å². The number of fused-ring (bicyclic) bond motifs is 1. The second kappa shape index (κ2) is 9.91. The molecule has 180 valence electrons. The van der Waals surface area contributed by atoms with E-state index in [1.54, 1.807) is 35.2 Å². The number of para-hydroxylation sites is 1. The molecule has 0 N–H and O–H groups in total. The number of hydrogen-bond acceptors (Lipinski definition) is 4. The van der Waals surface area contributed by atoms with Gasteiger partial charge in [-0.25, -0.2) is 9.37 Å². The van der Waals surface area contributed by atoms with E-state index in [1.165, 1.54) is 35.1 Å². The Hall–Kier alpha value is -4.04. The first-order valence-corrected chi connectivity index (χ1v) is 12.1. The predicted octanol–water partition coefficient (Wildman–Crippen LogP) is 6.28. The van der Waals surface area contributed by atoms with Gasteiger partial charge in [0.1, 0.15) is 17.4 Å². The van der Waals surface area contributed by atoms with Crippen LogP contribution in [0.15, 0.2) is 105 Å². The monoisotopic (exact) mass is 545 g/mol. The summed E-state index contributed by atoms with van der Waals surface area (Å²) in [5.74, 6) is 0.180. The topological polar surface area (TPSA) is 68.3 Å². The summed E-state index contributed by atoms with van der Waals surface area (Å²) in [5.41, 5.74) is 1.23. The van der Waals surface area contributed by atoms with Crippen molar-refractivity contribution in [3.05, 3.63) is 129 Å². The highest BCUT2D eigenvalue weighted by Crippen LogP contribution is 2.27. The van der Waals surface area contributed by atoms with Crippen molar-refractivity contribution < 1.29 is 13.6 Å². The Labute approximate surface area is 214 Å². The largest absolute Gasteiger partial charge is 0.467 e. The average Bonchev–Trinajstić information content (AvgIpc) is 3.41. The molecule has 5 aromatic rings. The van der Waals surface area contributed by atoms with Crippen LogP contribution in [0, 0.1) is 5.82 Å². The lowest BCUT2D eigenvalue weighted by Gasteiger charge is -2.30. The first-order valence-electron chi connectivity index (χ1n) is 11.3. The molecule has 2 aromatic heterocycles. The van der Waals surface area contributed by atoms with Gasteiger partial charge >= 0.3 is 0 Å². The van der Waals surface area contributed by atoms with Crippen LogP contribution in [0.25, 0.3) is 16.6 Å². The molecule has 0 saturated heterocycles. The molecule has 8 heteroatoms. The SMILES string of the molecule is CC(c1nc2ccccc2c(=O)n1-c1ccc(Br)cc1)N(Cc1ccco1)C(=O)c1ccc(F)cc1. The first kappa shape index (κ1) is 23.7. The molecule has 5 rings (SSSR count). The summed E-state index contributed by atoms with van der Waals surface area (Å²) in [6.45, 7) is 1.95. The zero-order chi connectivity index (χ0) is 25.2. The minimum absolute atomic E-state index is 0.132. The molecule has 0 aliphatic rings. The van der Waals surface area contributed by atoms with Crippen molar-refractivity contribution in [2.45, 2.75) is 19.5 Å². The highest BCUT2D eigenvalue weighted by molar-refractivity contribution is 9.10. The van der Waals surface area contributed by atoms with E-state index in [4.69, 9.17) is 9.40 Å². The van der Waals surface area contributed by atoms with Crippen LogP contribution in [0.3, 0.4) is 0 Å². The molecule has 6 nitrogen and oxygen atoms in total. The molecule has 2 heterocycles. The molecule has 1 atom stereocenters. The number of aromatic nitrogens is 2. The average molecular weight is 546 g/mol. The molecular formula is C28H21BrFN3O3. The number of hydrogen-bond donors (Lipinski definition) is 0. The maximum atomic E-state index is 13.7. The standard InChI is InChI=1S/C28H21BrFN3O3/c1-18(32(17-23-5-4-16-36-23)27(34)19-8-12-21(30)13-9-19)26-31-25-7-3-2-6-24(25)28(35)33(26)22-14-10-20(29)11-15-22/h2-16,18H,17H2,1H3. The Morgan fingerprint density at radius 3 is 2.44 bits per heavy atom. The normalized spacial score (nSPS) is 12.0. The first-order chi connectivity index (χ1) is 17.4. The molecule has 0 radical (unpaired) electrons. The van der Waals surface area contributed by atoms with E-state index in [-0.39, 0.29) is 18.0 Å². The third kappa shape index (κ3) is 4.59. The summed E-state index contributed by atoms with van der Waals surface area (Å²) in [6, 6.07) is 22.7. The van der Waals surface area contributed by atoms with Crippen LogP contribution in [-0.4, -0.2) is 20.4 Å². The zero-order valence-corrected chi connectivity index (χ0v) is 20.9. The summed E-state index contributed by atoms with van der Waals surface area (Å²) in [4.78, 5) is 33.8. The number of furan rings is 1. The van der Waals surface area contributed by atoms with Crippen molar-refractivity contribution in [2.24, 2.45) is 0 Å². The fraction of sp³-hybridized carbons (Fsp3) is 0.107. The van der Waals surface area contributed by atoms with Gasteiger partial charge in [0, 0.05) is 10.0 Å². The smallest absolute Gasteiger partial charge is 0.266 e. The van der Waals surface area contributed by atoms with Crippen LogP contribution < -0.4 is 5.56 Å². The second-order valence-corrected chi connectivity index (χ2v) is 9.22. The Bertz CT molecular complexity index is 1580. The van der Waals surface area contributed by atoms with Crippen LogP contribution >= 0.6 is 15.9 Å². The van der Waals surface area contributed by atoms with Gasteiger partial charge in [-0.2, -0.15) is 0 Å². The molecule has 0 spiro atoms. The van der Waals surface area contributed by atoms with Gasteiger partial charge in [-0.1, -0.05) is 28.1 Å². The fourth-order valence-electron chi connectivity index (χ4n) is 4.12. The number of nitrogens with zero attached hydrogens (tertiary/aromatic N) is 3. The predicted molar refractivity (Wildman–Crippen MR) is 138 cm³/mol. The van der Waals surface area contributed by atoms with Crippen molar-refractivity contribution in [2.75, 3.05) is 0 Å². The molecule has 0 fully saturated rings. The quantitative estimate of drug-likeness (QED) is 0.251. The van der Waals surface area contributed by atoms with E-state index in [0.717, 1.165) is 4.47 Å². The Morgan fingerprint density at radius 2 is 1.75 bits per heavy atom. The van der Waals surface area contributed by atoms with Gasteiger partial charge in [-0.3, -0.25) is 14.2 Å². The number of carbonyl (C=O) groups excluding carboxylic acids is 1. The molecule has 0 saturated carbocycles. The summed E-state index contributed by atoms with van der Waals surface area (Å²) >= 11 is 3.44. The van der Waals surface area contributed by atoms with Gasteiger partial charge in [0.05, 0.1) is 35.4 Å². The van der Waals surface area contributed by atoms with Crippen LogP contribution in [0.5, 0.6) is 0 Å². The zero-order valence-electron chi connectivity index (χ0n) is 19.3. The molecule has 0 aliphatic heterocycles. The molecule has 0 aliphatic carbocycles. The second-order valence-electron chi connectivity index (χ2n) is 8.30. The van der Waals surface area contributed by atoms with Crippen molar-refractivity contribution in [3.8, 4) is 5.69 Å². The van der Waals surface area contributed by atoms with Gasteiger partial charge in [-0.15, -0.1) is 0 Å². The molecule has 1 amide bonds. The van der Waals surface area contributed by atoms with Gasteiger partial charge in [-0.05, 0) is 79.7 Å². The van der Waals surface area contributed by atoms with E-state index < -0.39 is 11.9 Å². The third-order valence-corrected chi connectivity index (χ3v) is 6.51. The van der Waals surface area contributed by atoms with Gasteiger partial charge in [0.15, 0.2) is 0 Å². The minimum Gasteiger partial charge on any atom is -0.467 e. The summed E-state index contributed by atoms with van der Waals surface area (Å²) in [5, 5.41) is 0.471. The molecule has 3 aromatic carbocycles. The van der Waals surface area contributed by atoms with E-state index in [0.29, 0.717) is 33.7 Å². The van der Waals surface area contributed by atoms with Crippen molar-refractivity contribution >= 4 is 32.7 Å². The van der Waals surface area contributed by atoms with E-state index in [1.807, 2.05) is 37.3 Å². The van der Waals surface area contributed by atoms with E-state index in [2.05, 4.69) is 15.9 Å². The number of halogens is 2. The molecule has 36 heavy (non-hydrogen) atoms. The Balaban J connectivity index is 1.69. The molecule has 0 bridgehead atoms. The van der Waals surface area contributed by atoms with Gasteiger partial charge < -0.3 is 9.32 Å². The molecule has 1 unspecified atom stereocenters. The van der Waals surface area contributed by atoms with Gasteiger partial charge in [0.2, 0.25) is 0 Å². The van der Waals surface area contributed by atoms with Crippen LogP contribution in [0.1, 0.15) is 34.9 Å². The summed E-state index contributed by atoms with van der Waals surface area (Å²) < 4.78 is 21.5. The minimum atomic E-state index is -0.645. The lowest BCUT2D eigenvalue weighted by atomic mass is 10.1. The number of carbonyl (C=O) groups is 1. The highest BCUT2D eigenvalue weighted by Gasteiger charge is 2.28. The fourth-order valence-corrected chi connectivity index (χ4v) is 4.39. The summed E-state index contributed by atoms with van der Waals surface area (Å²) in [7, 11) is 0. The summed E-state index contributed by atoms with van der Waals surface area (Å²) in [6.07, 6.45) is 1.53. The van der Waals surface area contributed by atoms with Crippen molar-refractivity contribution in [1.29, 1.82) is 0 Å². The van der Waals surface area contributed by atoms with Crippen LogP contribution in [-0.2, 0) is 6.54 Å². The van der Waals surface area contributed by atoms with E-state index in [9.17, 15) is 14.0 Å². The van der Waals surface area contributed by atoms with Crippen molar-refractivity contribution in [1.82, 2.24) is 14.5 Å². The maximum absolute atomic E-state index is 13.7. The lowest BCUT2D eigenvalue weighted by molar-refractivity contribution is 0.0648. The van der Waals surface area contributed by atoms with E-state index >= 15 is 0 Å². The Kier molecular flexibility index (Phi) is 6.52. The third-order valence-electron chi connectivity index (χ3n) is 5.99. The highest BCUT2D eigenvalue weighted by atomic mass is 79.9.